The highest BCUT2D eigenvalue weighted by atomic mass is 16.5. The molecule has 0 spiro atoms. The Balaban J connectivity index is 1.60. The van der Waals surface area contributed by atoms with E-state index in [0.29, 0.717) is 0 Å². The average Bonchev–Trinajstić information content (AvgIpc) is 3.19. The third kappa shape index (κ3) is 5.27. The van der Waals surface area contributed by atoms with Crippen molar-refractivity contribution in [2.45, 2.75) is 13.8 Å². The van der Waals surface area contributed by atoms with Crippen LogP contribution < -0.4 is 19.3 Å². The van der Waals surface area contributed by atoms with E-state index in [1.807, 2.05) is 24.3 Å². The minimum absolute atomic E-state index is 0.826. The van der Waals surface area contributed by atoms with Crippen molar-refractivity contribution in [3.8, 4) is 22.6 Å². The van der Waals surface area contributed by atoms with Gasteiger partial charge in [0.15, 0.2) is 0 Å². The molecule has 4 aromatic rings. The summed E-state index contributed by atoms with van der Waals surface area (Å²) >= 11 is 0. The number of methoxy groups -OCH3 is 2. The zero-order chi connectivity index (χ0) is 29.1. The predicted molar refractivity (Wildman–Crippen MR) is 175 cm³/mol. The van der Waals surface area contributed by atoms with Crippen molar-refractivity contribution in [3.05, 3.63) is 145 Å². The molecule has 0 aliphatic heterocycles. The van der Waals surface area contributed by atoms with Gasteiger partial charge in [0.2, 0.25) is 0 Å². The van der Waals surface area contributed by atoms with E-state index in [1.165, 1.54) is 11.1 Å². The summed E-state index contributed by atoms with van der Waals surface area (Å²) in [7, 11) is 3.39. The topological polar surface area (TPSA) is 24.9 Å². The van der Waals surface area contributed by atoms with E-state index in [9.17, 15) is 0 Å². The lowest BCUT2D eigenvalue weighted by Gasteiger charge is -2.26. The van der Waals surface area contributed by atoms with Crippen molar-refractivity contribution in [3.63, 3.8) is 0 Å². The molecule has 0 atom stereocenters. The van der Waals surface area contributed by atoms with Gasteiger partial charge in [-0.15, -0.1) is 0 Å². The Labute approximate surface area is 248 Å². The molecule has 208 valence electrons. The summed E-state index contributed by atoms with van der Waals surface area (Å²) in [6, 6.07) is 46.9. The van der Waals surface area contributed by atoms with Crippen molar-refractivity contribution in [2.24, 2.45) is 0 Å². The fourth-order valence-electron chi connectivity index (χ4n) is 5.35. The number of anilines is 6. The summed E-state index contributed by atoms with van der Waals surface area (Å²) in [6.45, 7) is 4.23. The van der Waals surface area contributed by atoms with Crippen LogP contribution in [0.5, 0.6) is 11.5 Å². The summed E-state index contributed by atoms with van der Waals surface area (Å²) in [5, 5.41) is 0. The van der Waals surface area contributed by atoms with E-state index < -0.39 is 0 Å². The molecule has 0 saturated carbocycles. The molecule has 42 heavy (non-hydrogen) atoms. The molecular weight excluding hydrogens is 516 g/mol. The van der Waals surface area contributed by atoms with Crippen molar-refractivity contribution in [1.29, 1.82) is 0 Å². The van der Waals surface area contributed by atoms with Crippen LogP contribution in [0.25, 0.3) is 11.1 Å². The Morgan fingerprint density at radius 2 is 0.738 bits per heavy atom. The predicted octanol–water partition coefficient (Wildman–Crippen LogP) is 10.4. The quantitative estimate of drug-likeness (QED) is 0.188. The van der Waals surface area contributed by atoms with Gasteiger partial charge in [0.1, 0.15) is 11.5 Å². The van der Waals surface area contributed by atoms with Gasteiger partial charge in [-0.2, -0.15) is 0 Å². The molecule has 0 amide bonds. The lowest BCUT2D eigenvalue weighted by molar-refractivity contribution is 0.414. The molecule has 2 aliphatic carbocycles. The van der Waals surface area contributed by atoms with E-state index >= 15 is 0 Å². The van der Waals surface area contributed by atoms with Gasteiger partial charge in [-0.3, -0.25) is 0 Å². The minimum Gasteiger partial charge on any atom is -0.497 e. The SMILES string of the molecule is COc1ccc(N(c2ccc(C)cc2)c2cc(N(c3ccc(C)cc3)c3ccc(OC)cc3)c3cccccc2-3)cc1. The Morgan fingerprint density at radius 3 is 1.07 bits per heavy atom. The van der Waals surface area contributed by atoms with Crippen LogP contribution in [-0.2, 0) is 0 Å². The Morgan fingerprint density at radius 1 is 0.405 bits per heavy atom. The van der Waals surface area contributed by atoms with E-state index in [1.54, 1.807) is 14.2 Å². The first-order valence-electron chi connectivity index (χ1n) is 14.1. The number of benzene rings is 4. The maximum Gasteiger partial charge on any atom is 0.119 e. The number of nitrogens with zero attached hydrogens (tertiary/aromatic N) is 2. The Kier molecular flexibility index (Phi) is 7.52. The van der Waals surface area contributed by atoms with Crippen LogP contribution in [0.3, 0.4) is 0 Å². The zero-order valence-electron chi connectivity index (χ0n) is 24.4. The monoisotopic (exact) mass is 550 g/mol. The van der Waals surface area contributed by atoms with Crippen LogP contribution in [0.2, 0.25) is 0 Å². The first-order valence-corrected chi connectivity index (χ1v) is 14.1. The van der Waals surface area contributed by atoms with Gasteiger partial charge in [-0.05, 0) is 92.7 Å². The zero-order valence-corrected chi connectivity index (χ0v) is 24.4. The second-order valence-corrected chi connectivity index (χ2v) is 10.4. The molecule has 0 radical (unpaired) electrons. The molecule has 0 unspecified atom stereocenters. The van der Waals surface area contributed by atoms with E-state index in [4.69, 9.17) is 9.47 Å². The van der Waals surface area contributed by atoms with Gasteiger partial charge < -0.3 is 19.3 Å². The first-order chi connectivity index (χ1) is 20.6. The second kappa shape index (κ2) is 11.7. The fourth-order valence-corrected chi connectivity index (χ4v) is 5.35. The Hall–Kier alpha value is -5.22. The average molecular weight is 551 g/mol. The molecule has 0 fully saturated rings. The van der Waals surface area contributed by atoms with Gasteiger partial charge >= 0.3 is 0 Å². The van der Waals surface area contributed by atoms with Crippen molar-refractivity contribution in [2.75, 3.05) is 24.0 Å². The normalized spacial score (nSPS) is 10.9. The molecule has 4 heteroatoms. The molecule has 0 heterocycles. The van der Waals surface area contributed by atoms with Gasteiger partial charge in [0, 0.05) is 33.9 Å². The minimum atomic E-state index is 0.826. The van der Waals surface area contributed by atoms with Gasteiger partial charge in [-0.25, -0.2) is 0 Å². The first kappa shape index (κ1) is 27.0. The molecule has 0 bridgehead atoms. The second-order valence-electron chi connectivity index (χ2n) is 10.4. The number of fused-ring (bicyclic) bond motifs is 1. The summed E-state index contributed by atoms with van der Waals surface area (Å²) in [5.41, 5.74) is 11.2. The number of hydrogen-bond donors (Lipinski definition) is 0. The number of aryl methyl sites for hydroxylation is 2. The number of ether oxygens (including phenoxy) is 2. The van der Waals surface area contributed by atoms with Crippen LogP contribution in [0.4, 0.5) is 34.1 Å². The van der Waals surface area contributed by atoms with Crippen molar-refractivity contribution in [1.82, 2.24) is 0 Å². The molecule has 6 rings (SSSR count). The summed E-state index contributed by atoms with van der Waals surface area (Å²) < 4.78 is 11.0. The molecule has 0 aromatic heterocycles. The number of rotatable bonds is 8. The molecule has 0 N–H and O–H groups in total. The molecule has 2 aliphatic rings. The number of hydrogen-bond acceptors (Lipinski definition) is 4. The maximum atomic E-state index is 5.48. The largest absolute Gasteiger partial charge is 0.497 e. The van der Waals surface area contributed by atoms with E-state index in [2.05, 4.69) is 133 Å². The van der Waals surface area contributed by atoms with E-state index in [-0.39, 0.29) is 0 Å². The summed E-state index contributed by atoms with van der Waals surface area (Å²) in [6.07, 6.45) is 0. The van der Waals surface area contributed by atoms with Crippen LogP contribution in [0, 0.1) is 13.8 Å². The molecular formula is C38H34N2O2. The van der Waals surface area contributed by atoms with Crippen LogP contribution in [0.15, 0.2) is 133 Å². The third-order valence-corrected chi connectivity index (χ3v) is 7.59. The van der Waals surface area contributed by atoms with Crippen LogP contribution in [0.1, 0.15) is 11.1 Å². The van der Waals surface area contributed by atoms with Gasteiger partial charge in [0.25, 0.3) is 0 Å². The van der Waals surface area contributed by atoms with Gasteiger partial charge in [0.05, 0.1) is 25.6 Å². The molecule has 4 aromatic carbocycles. The highest BCUT2D eigenvalue weighted by molar-refractivity contribution is 6.01. The Bertz CT molecular complexity index is 1610. The van der Waals surface area contributed by atoms with Crippen LogP contribution in [-0.4, -0.2) is 14.2 Å². The van der Waals surface area contributed by atoms with Crippen molar-refractivity contribution >= 4 is 34.1 Å². The lowest BCUT2D eigenvalue weighted by atomic mass is 10.1. The molecule has 0 saturated heterocycles. The van der Waals surface area contributed by atoms with E-state index in [0.717, 1.165) is 56.8 Å². The summed E-state index contributed by atoms with van der Waals surface area (Å²) in [5.74, 6) is 1.65. The lowest BCUT2D eigenvalue weighted by Crippen LogP contribution is -2.10. The third-order valence-electron chi connectivity index (χ3n) is 7.59. The maximum absolute atomic E-state index is 5.48. The van der Waals surface area contributed by atoms with Crippen LogP contribution >= 0.6 is 0 Å². The molecule has 4 nitrogen and oxygen atoms in total. The fraction of sp³-hybridized carbons (Fsp3) is 0.105. The van der Waals surface area contributed by atoms with Gasteiger partial charge in [-0.1, -0.05) is 65.7 Å². The smallest absolute Gasteiger partial charge is 0.119 e. The standard InChI is InChI=1S/C38H34N2O2/c1-27-10-14-29(15-11-27)39(31-18-22-33(41-3)23-19-31)37-26-38(36-9-7-5-6-8-35(36)37)40(30-16-12-28(2)13-17-30)32-20-24-34(42-4)25-21-32/h5-26H,1-4H3. The summed E-state index contributed by atoms with van der Waals surface area (Å²) in [4.78, 5) is 4.65. The highest BCUT2D eigenvalue weighted by Crippen LogP contribution is 2.51. The van der Waals surface area contributed by atoms with Crippen molar-refractivity contribution < 1.29 is 9.47 Å². The highest BCUT2D eigenvalue weighted by Gasteiger charge is 2.26.